The molecule has 0 amide bonds. The molecule has 1 N–H and O–H groups in total. The van der Waals surface area contributed by atoms with Crippen molar-refractivity contribution in [3.05, 3.63) is 101 Å². The van der Waals surface area contributed by atoms with E-state index in [0.29, 0.717) is 5.75 Å². The van der Waals surface area contributed by atoms with Crippen molar-refractivity contribution >= 4 is 23.2 Å². The number of rotatable bonds is 5. The van der Waals surface area contributed by atoms with Crippen molar-refractivity contribution in [3.63, 3.8) is 0 Å². The molecular formula is C25H27Cl2NOZr. The van der Waals surface area contributed by atoms with Gasteiger partial charge in [-0.15, -0.1) is 0 Å². The van der Waals surface area contributed by atoms with E-state index in [1.807, 2.05) is 63.2 Å². The van der Waals surface area contributed by atoms with Crippen LogP contribution in [0.4, 0.5) is 0 Å². The fourth-order valence-electron chi connectivity index (χ4n) is 3.52. The summed E-state index contributed by atoms with van der Waals surface area (Å²) < 4.78 is 0. The summed E-state index contributed by atoms with van der Waals surface area (Å²) in [5.74, 6) is 0.301. The van der Waals surface area contributed by atoms with E-state index in [4.69, 9.17) is 17.0 Å². The van der Waals surface area contributed by atoms with Crippen LogP contribution in [0.25, 0.3) is 0 Å². The van der Waals surface area contributed by atoms with Gasteiger partial charge in [0.1, 0.15) is 5.75 Å². The van der Waals surface area contributed by atoms with Crippen LogP contribution in [0, 0.1) is 6.92 Å². The molecule has 0 spiro atoms. The summed E-state index contributed by atoms with van der Waals surface area (Å²) in [6.45, 7) is 8.24. The molecule has 0 saturated carbocycles. The number of benzene rings is 3. The molecule has 5 heteroatoms. The molecule has 0 radical (unpaired) electrons. The zero-order valence-electron chi connectivity index (χ0n) is 17.7. The molecule has 0 atom stereocenters. The molecule has 30 heavy (non-hydrogen) atoms. The standard InChI is InChI=1S/C25H27NO.2ClH.Zr/c1-18(2)26-17-22-19(3)15-16-23(24(22)27)25(4,20-11-7-5-8-12-20)21-13-9-6-10-14-21;;;/h5-18,27H,1-4H3;2*1H;/q;;;+2/p-2. The van der Waals surface area contributed by atoms with Crippen molar-refractivity contribution in [2.45, 2.75) is 39.2 Å². The van der Waals surface area contributed by atoms with E-state index >= 15 is 0 Å². The third-order valence-corrected chi connectivity index (χ3v) is 5.18. The molecule has 3 aromatic carbocycles. The second-order valence-corrected chi connectivity index (χ2v) is 11.2. The second-order valence-electron chi connectivity index (χ2n) is 7.49. The van der Waals surface area contributed by atoms with Gasteiger partial charge in [0.15, 0.2) is 0 Å². The minimum absolute atomic E-state index is 0.182. The van der Waals surface area contributed by atoms with E-state index < -0.39 is 26.3 Å². The van der Waals surface area contributed by atoms with Gasteiger partial charge in [-0.1, -0.05) is 72.8 Å². The molecule has 0 aliphatic rings. The summed E-state index contributed by atoms with van der Waals surface area (Å²) in [6, 6.07) is 25.0. The monoisotopic (exact) mass is 517 g/mol. The molecule has 156 valence electrons. The fourth-order valence-corrected chi connectivity index (χ4v) is 3.52. The first kappa shape index (κ1) is 24.9. The first-order chi connectivity index (χ1) is 14.4. The van der Waals surface area contributed by atoms with Crippen molar-refractivity contribution in [2.75, 3.05) is 0 Å². The molecule has 0 fully saturated rings. The zero-order valence-corrected chi connectivity index (χ0v) is 21.7. The van der Waals surface area contributed by atoms with E-state index in [1.165, 1.54) is 0 Å². The first-order valence-electron chi connectivity index (χ1n) is 9.79. The van der Waals surface area contributed by atoms with Crippen LogP contribution in [0.5, 0.6) is 5.75 Å². The van der Waals surface area contributed by atoms with Crippen LogP contribution < -0.4 is 0 Å². The zero-order chi connectivity index (χ0) is 22.1. The quantitative estimate of drug-likeness (QED) is 0.279. The number of aromatic hydroxyl groups is 1. The Morgan fingerprint density at radius 3 is 1.80 bits per heavy atom. The summed E-state index contributed by atoms with van der Waals surface area (Å²) >= 11 is -0.826. The van der Waals surface area contributed by atoms with Gasteiger partial charge in [-0.2, -0.15) is 0 Å². The van der Waals surface area contributed by atoms with E-state index in [1.54, 1.807) is 6.21 Å². The molecule has 0 bridgehead atoms. The average Bonchev–Trinajstić information content (AvgIpc) is 2.75. The predicted molar refractivity (Wildman–Crippen MR) is 126 cm³/mol. The Balaban J connectivity index is 0.00000101. The van der Waals surface area contributed by atoms with Crippen LogP contribution >= 0.6 is 17.0 Å². The molecule has 0 aliphatic carbocycles. The third-order valence-electron chi connectivity index (χ3n) is 5.18. The van der Waals surface area contributed by atoms with Crippen molar-refractivity contribution in [3.8, 4) is 5.75 Å². The summed E-state index contributed by atoms with van der Waals surface area (Å²) in [4.78, 5) is 4.50. The Morgan fingerprint density at radius 2 is 1.37 bits per heavy atom. The molecule has 0 saturated heterocycles. The molecular weight excluding hydrogens is 492 g/mol. The molecule has 0 aliphatic heterocycles. The van der Waals surface area contributed by atoms with E-state index in [0.717, 1.165) is 27.8 Å². The summed E-state index contributed by atoms with van der Waals surface area (Å²) in [6.07, 6.45) is 1.80. The topological polar surface area (TPSA) is 32.6 Å². The van der Waals surface area contributed by atoms with E-state index in [2.05, 4.69) is 42.2 Å². The van der Waals surface area contributed by atoms with Gasteiger partial charge < -0.3 is 5.11 Å². The van der Waals surface area contributed by atoms with Crippen molar-refractivity contribution < 1.29 is 26.0 Å². The SMILES string of the molecule is Cc1ccc(C(C)(c2ccccc2)c2ccccc2)c(O)c1C=NC(C)C.[Cl][Zr][Cl]. The Kier molecular flexibility index (Phi) is 9.81. The number of nitrogens with zero attached hydrogens (tertiary/aromatic N) is 1. The van der Waals surface area contributed by atoms with Crippen molar-refractivity contribution in [1.29, 1.82) is 0 Å². The predicted octanol–water partition coefficient (Wildman–Crippen LogP) is 7.26. The van der Waals surface area contributed by atoms with Crippen LogP contribution in [0.15, 0.2) is 77.8 Å². The number of hydrogen-bond acceptors (Lipinski definition) is 2. The minimum atomic E-state index is -0.826. The van der Waals surface area contributed by atoms with Gasteiger partial charge in [0.25, 0.3) is 0 Å². The molecule has 3 rings (SSSR count). The normalized spacial score (nSPS) is 11.3. The fraction of sp³-hybridized carbons (Fsp3) is 0.240. The van der Waals surface area contributed by atoms with Gasteiger partial charge in [-0.05, 0) is 44.4 Å². The summed E-state index contributed by atoms with van der Waals surface area (Å²) in [5.41, 5.74) is 4.50. The van der Waals surface area contributed by atoms with Gasteiger partial charge in [0.2, 0.25) is 0 Å². The van der Waals surface area contributed by atoms with Crippen LogP contribution in [-0.2, 0) is 26.3 Å². The maximum atomic E-state index is 11.2. The molecule has 2 nitrogen and oxygen atoms in total. The van der Waals surface area contributed by atoms with Gasteiger partial charge in [0.05, 0.1) is 0 Å². The molecule has 0 heterocycles. The number of aryl methyl sites for hydroxylation is 1. The number of aliphatic imine (C=N–C) groups is 1. The van der Waals surface area contributed by atoms with E-state index in [-0.39, 0.29) is 6.04 Å². The van der Waals surface area contributed by atoms with Gasteiger partial charge in [-0.25, -0.2) is 0 Å². The average molecular weight is 520 g/mol. The van der Waals surface area contributed by atoms with Crippen LogP contribution in [0.3, 0.4) is 0 Å². The van der Waals surface area contributed by atoms with E-state index in [9.17, 15) is 5.11 Å². The van der Waals surface area contributed by atoms with Gasteiger partial charge >= 0.3 is 37.9 Å². The third kappa shape index (κ3) is 5.84. The Labute approximate surface area is 198 Å². The van der Waals surface area contributed by atoms with Crippen LogP contribution in [0.1, 0.15) is 48.6 Å². The molecule has 0 unspecified atom stereocenters. The summed E-state index contributed by atoms with van der Waals surface area (Å²) in [7, 11) is 9.87. The summed E-state index contributed by atoms with van der Waals surface area (Å²) in [5, 5.41) is 11.2. The number of hydrogen-bond donors (Lipinski definition) is 1. The number of phenolic OH excluding ortho intramolecular Hbond substituents is 1. The number of phenols is 1. The van der Waals surface area contributed by atoms with Crippen LogP contribution in [-0.4, -0.2) is 17.4 Å². The Morgan fingerprint density at radius 1 is 0.900 bits per heavy atom. The van der Waals surface area contributed by atoms with Crippen LogP contribution in [0.2, 0.25) is 0 Å². The van der Waals surface area contributed by atoms with Gasteiger partial charge in [0, 0.05) is 28.8 Å². The van der Waals surface area contributed by atoms with Crippen molar-refractivity contribution in [1.82, 2.24) is 0 Å². The number of halogens is 2. The Bertz CT molecular complexity index is 920. The Hall–Kier alpha value is -1.41. The molecule has 3 aromatic rings. The first-order valence-corrected chi connectivity index (χ1v) is 16.1. The maximum absolute atomic E-state index is 11.2. The second kappa shape index (κ2) is 11.8. The van der Waals surface area contributed by atoms with Crippen molar-refractivity contribution in [2.24, 2.45) is 4.99 Å². The van der Waals surface area contributed by atoms with Gasteiger partial charge in [-0.3, -0.25) is 4.99 Å². The molecule has 0 aromatic heterocycles.